The molecule has 1 aliphatic heterocycles. The zero-order valence-electron chi connectivity index (χ0n) is 18.1. The van der Waals surface area contributed by atoms with Gasteiger partial charge in [0.25, 0.3) is 6.02 Å². The molecule has 9 nitrogen and oxygen atoms in total. The summed E-state index contributed by atoms with van der Waals surface area (Å²) in [6, 6.07) is 11.2. The van der Waals surface area contributed by atoms with Crippen molar-refractivity contribution in [3.05, 3.63) is 64.3 Å². The highest BCUT2D eigenvalue weighted by atomic mass is 35.5. The maximum atomic E-state index is 9.70. The molecule has 2 aromatic carbocycles. The van der Waals surface area contributed by atoms with Crippen molar-refractivity contribution in [3.8, 4) is 5.75 Å². The van der Waals surface area contributed by atoms with Crippen LogP contribution in [0.3, 0.4) is 0 Å². The number of aliphatic hydroxyl groups is 1. The number of anilines is 3. The average Bonchev–Trinajstić information content (AvgIpc) is 3.51. The van der Waals surface area contributed by atoms with Crippen LogP contribution < -0.4 is 15.4 Å². The SMILES string of the molecule is C[C@@H](O)C1COC(Nc2ccc3ncnc(Nc4ccc(OCc5nccs5)c(Cl)c4)c3c2)=N1. The molecular weight excluding hydrogens is 476 g/mol. The molecule has 3 heterocycles. The lowest BCUT2D eigenvalue weighted by Crippen LogP contribution is -2.21. The van der Waals surface area contributed by atoms with Gasteiger partial charge < -0.3 is 25.2 Å². The predicted octanol–water partition coefficient (Wildman–Crippen LogP) is 4.61. The molecule has 0 fully saturated rings. The molecule has 0 aliphatic carbocycles. The lowest BCUT2D eigenvalue weighted by molar-refractivity contribution is 0.145. The Kier molecular flexibility index (Phi) is 6.43. The molecule has 34 heavy (non-hydrogen) atoms. The number of amidine groups is 1. The Balaban J connectivity index is 1.33. The number of hydrogen-bond acceptors (Lipinski definition) is 10. The molecule has 0 bridgehead atoms. The number of halogens is 1. The summed E-state index contributed by atoms with van der Waals surface area (Å²) < 4.78 is 11.3. The van der Waals surface area contributed by atoms with Gasteiger partial charge >= 0.3 is 0 Å². The topological polar surface area (TPSA) is 114 Å². The van der Waals surface area contributed by atoms with E-state index in [1.54, 1.807) is 19.2 Å². The number of nitrogens with zero attached hydrogens (tertiary/aromatic N) is 4. The highest BCUT2D eigenvalue weighted by Crippen LogP contribution is 2.31. The lowest BCUT2D eigenvalue weighted by atomic mass is 10.2. The third-order valence-electron chi connectivity index (χ3n) is 5.15. The lowest BCUT2D eigenvalue weighted by Gasteiger charge is -2.12. The quantitative estimate of drug-likeness (QED) is 0.340. The second-order valence-electron chi connectivity index (χ2n) is 7.62. The number of ether oxygens (including phenoxy) is 2. The highest BCUT2D eigenvalue weighted by molar-refractivity contribution is 7.09. The number of aliphatic hydroxyl groups excluding tert-OH is 1. The van der Waals surface area contributed by atoms with Crippen molar-refractivity contribution in [2.24, 2.45) is 4.99 Å². The summed E-state index contributed by atoms with van der Waals surface area (Å²) in [7, 11) is 0. The summed E-state index contributed by atoms with van der Waals surface area (Å²) in [5, 5.41) is 20.2. The average molecular weight is 497 g/mol. The molecule has 0 radical (unpaired) electrons. The van der Waals surface area contributed by atoms with Gasteiger partial charge in [-0.3, -0.25) is 0 Å². The van der Waals surface area contributed by atoms with Crippen LogP contribution in [0.1, 0.15) is 11.9 Å². The standard InChI is InChI=1S/C23H21ClN6O3S/c1-13(31)19-10-33-23(30-19)29-14-2-4-18-16(8-14)22(27-12-26-18)28-15-3-5-20(17(24)9-15)32-11-21-25-6-7-34-21/h2-9,12-13,19,31H,10-11H2,1H3,(H,29,30)(H,26,27,28)/t13-,19?/m1/s1. The van der Waals surface area contributed by atoms with Crippen LogP contribution in [0.25, 0.3) is 10.9 Å². The molecule has 3 N–H and O–H groups in total. The van der Waals surface area contributed by atoms with E-state index in [4.69, 9.17) is 21.1 Å². The normalized spacial score (nSPS) is 16.1. The number of fused-ring (bicyclic) bond motifs is 1. The van der Waals surface area contributed by atoms with E-state index in [9.17, 15) is 5.11 Å². The number of nitrogens with one attached hydrogen (secondary N) is 2. The van der Waals surface area contributed by atoms with Crippen molar-refractivity contribution in [3.63, 3.8) is 0 Å². The number of benzene rings is 2. The fraction of sp³-hybridized carbons (Fsp3) is 0.217. The minimum absolute atomic E-state index is 0.276. The Morgan fingerprint density at radius 2 is 2.03 bits per heavy atom. The van der Waals surface area contributed by atoms with E-state index in [2.05, 4.69) is 30.6 Å². The Bertz CT molecular complexity index is 1330. The molecule has 2 atom stereocenters. The van der Waals surface area contributed by atoms with Gasteiger partial charge in [0.2, 0.25) is 0 Å². The molecule has 2 aromatic heterocycles. The maximum absolute atomic E-state index is 9.70. The first-order valence-electron chi connectivity index (χ1n) is 10.5. The summed E-state index contributed by atoms with van der Waals surface area (Å²) >= 11 is 7.97. The second-order valence-corrected chi connectivity index (χ2v) is 9.00. The predicted molar refractivity (Wildman–Crippen MR) is 133 cm³/mol. The summed E-state index contributed by atoms with van der Waals surface area (Å²) in [6.45, 7) is 2.40. The smallest absolute Gasteiger partial charge is 0.289 e. The van der Waals surface area contributed by atoms with Crippen molar-refractivity contribution in [1.82, 2.24) is 15.0 Å². The van der Waals surface area contributed by atoms with Crippen LogP contribution in [0.4, 0.5) is 17.2 Å². The minimum atomic E-state index is -0.573. The molecule has 1 aliphatic rings. The molecule has 4 aromatic rings. The number of aliphatic imine (C=N–C) groups is 1. The van der Waals surface area contributed by atoms with E-state index < -0.39 is 6.10 Å². The molecule has 1 unspecified atom stereocenters. The van der Waals surface area contributed by atoms with Crippen molar-refractivity contribution in [1.29, 1.82) is 0 Å². The van der Waals surface area contributed by atoms with Crippen molar-refractivity contribution < 1.29 is 14.6 Å². The summed E-state index contributed by atoms with van der Waals surface area (Å²) in [4.78, 5) is 17.3. The number of aromatic nitrogens is 3. The number of hydrogen-bond donors (Lipinski definition) is 3. The maximum Gasteiger partial charge on any atom is 0.289 e. The van der Waals surface area contributed by atoms with Gasteiger partial charge in [-0.25, -0.2) is 19.9 Å². The number of rotatable bonds is 7. The van der Waals surface area contributed by atoms with Gasteiger partial charge in [0.1, 0.15) is 42.2 Å². The summed E-state index contributed by atoms with van der Waals surface area (Å²) in [5.41, 5.74) is 2.29. The van der Waals surface area contributed by atoms with E-state index >= 15 is 0 Å². The monoisotopic (exact) mass is 496 g/mol. The Morgan fingerprint density at radius 1 is 1.18 bits per heavy atom. The largest absolute Gasteiger partial charge is 0.485 e. The third-order valence-corrected chi connectivity index (χ3v) is 6.20. The molecule has 5 rings (SSSR count). The van der Waals surface area contributed by atoms with E-state index in [0.717, 1.165) is 27.3 Å². The van der Waals surface area contributed by atoms with Gasteiger partial charge in [0.15, 0.2) is 0 Å². The van der Waals surface area contributed by atoms with Gasteiger partial charge in [-0.05, 0) is 43.3 Å². The van der Waals surface area contributed by atoms with Crippen molar-refractivity contribution in [2.45, 2.75) is 25.7 Å². The van der Waals surface area contributed by atoms with Crippen LogP contribution in [0.15, 0.2) is 59.3 Å². The molecule has 0 saturated heterocycles. The first-order valence-corrected chi connectivity index (χ1v) is 11.8. The Labute approximate surface area is 204 Å². The zero-order chi connectivity index (χ0) is 23.5. The molecule has 0 amide bonds. The van der Waals surface area contributed by atoms with Crippen LogP contribution in [-0.2, 0) is 11.3 Å². The second kappa shape index (κ2) is 9.80. The highest BCUT2D eigenvalue weighted by Gasteiger charge is 2.23. The van der Waals surface area contributed by atoms with Crippen LogP contribution in [-0.4, -0.2) is 44.8 Å². The van der Waals surface area contributed by atoms with Crippen LogP contribution >= 0.6 is 22.9 Å². The molecular formula is C23H21ClN6O3S. The third kappa shape index (κ3) is 5.04. The molecule has 174 valence electrons. The van der Waals surface area contributed by atoms with E-state index in [1.165, 1.54) is 17.7 Å². The Hall–Kier alpha value is -3.47. The summed E-state index contributed by atoms with van der Waals surface area (Å²) in [5.74, 6) is 1.20. The van der Waals surface area contributed by atoms with E-state index in [-0.39, 0.29) is 6.04 Å². The van der Waals surface area contributed by atoms with Crippen molar-refractivity contribution >= 4 is 57.1 Å². The van der Waals surface area contributed by atoms with Gasteiger partial charge in [0.05, 0.1) is 16.6 Å². The molecule has 0 spiro atoms. The minimum Gasteiger partial charge on any atom is -0.485 e. The zero-order valence-corrected chi connectivity index (χ0v) is 19.7. The van der Waals surface area contributed by atoms with Gasteiger partial charge in [-0.1, -0.05) is 11.6 Å². The number of thiazole rings is 1. The molecule has 0 saturated carbocycles. The van der Waals surface area contributed by atoms with E-state index in [0.29, 0.717) is 35.8 Å². The Morgan fingerprint density at radius 3 is 2.79 bits per heavy atom. The molecule has 11 heteroatoms. The van der Waals surface area contributed by atoms with Gasteiger partial charge in [0, 0.05) is 28.3 Å². The van der Waals surface area contributed by atoms with Crippen LogP contribution in [0.5, 0.6) is 5.75 Å². The van der Waals surface area contributed by atoms with Gasteiger partial charge in [-0.15, -0.1) is 11.3 Å². The van der Waals surface area contributed by atoms with Crippen LogP contribution in [0, 0.1) is 0 Å². The van der Waals surface area contributed by atoms with Gasteiger partial charge in [-0.2, -0.15) is 0 Å². The van der Waals surface area contributed by atoms with Crippen molar-refractivity contribution in [2.75, 3.05) is 17.2 Å². The first-order chi connectivity index (χ1) is 16.5. The summed E-state index contributed by atoms with van der Waals surface area (Å²) in [6.07, 6.45) is 2.67. The fourth-order valence-electron chi connectivity index (χ4n) is 3.36. The first kappa shape index (κ1) is 22.3. The fourth-order valence-corrected chi connectivity index (χ4v) is 4.12. The van der Waals surface area contributed by atoms with E-state index in [1.807, 2.05) is 35.7 Å². The van der Waals surface area contributed by atoms with Crippen LogP contribution in [0.2, 0.25) is 5.02 Å².